The number of benzene rings is 2. The fourth-order valence-electron chi connectivity index (χ4n) is 1.90. The van der Waals surface area contributed by atoms with E-state index in [-0.39, 0.29) is 0 Å². The number of nitrogens with two attached hydrogens (primary N) is 1. The second-order valence-corrected chi connectivity index (χ2v) is 4.23. The lowest BCUT2D eigenvalue weighted by Crippen LogP contribution is -2.13. The Morgan fingerprint density at radius 1 is 1.12 bits per heavy atom. The highest BCUT2D eigenvalue weighted by Gasteiger charge is 2.13. The van der Waals surface area contributed by atoms with E-state index in [1.165, 1.54) is 0 Å². The highest BCUT2D eigenvalue weighted by atomic mass is 35.5. The summed E-state index contributed by atoms with van der Waals surface area (Å²) in [6.45, 7) is 1.86. The zero-order chi connectivity index (χ0) is 12.4. The van der Waals surface area contributed by atoms with Gasteiger partial charge < -0.3 is 5.73 Å². The van der Waals surface area contributed by atoms with Crippen LogP contribution in [0.2, 0.25) is 5.02 Å². The summed E-state index contributed by atoms with van der Waals surface area (Å²) in [5.74, 6) is -0.434. The molecule has 0 bridgehead atoms. The molecule has 1 amide bonds. The van der Waals surface area contributed by atoms with Gasteiger partial charge in [0, 0.05) is 16.1 Å². The third-order valence-corrected chi connectivity index (χ3v) is 3.06. The lowest BCUT2D eigenvalue weighted by atomic mass is 9.96. The van der Waals surface area contributed by atoms with Crippen LogP contribution in [-0.2, 0) is 0 Å². The van der Waals surface area contributed by atoms with Crippen molar-refractivity contribution in [3.05, 3.63) is 58.6 Å². The summed E-state index contributed by atoms with van der Waals surface area (Å²) < 4.78 is 0. The second kappa shape index (κ2) is 4.60. The van der Waals surface area contributed by atoms with E-state index in [1.807, 2.05) is 37.3 Å². The van der Waals surface area contributed by atoms with Crippen molar-refractivity contribution in [1.29, 1.82) is 0 Å². The molecular weight excluding hydrogens is 234 g/mol. The Morgan fingerprint density at radius 2 is 1.76 bits per heavy atom. The van der Waals surface area contributed by atoms with Crippen molar-refractivity contribution in [2.75, 3.05) is 0 Å². The Balaban J connectivity index is 2.69. The summed E-state index contributed by atoms with van der Waals surface area (Å²) in [4.78, 5) is 11.3. The topological polar surface area (TPSA) is 43.1 Å². The van der Waals surface area contributed by atoms with Crippen LogP contribution in [0.3, 0.4) is 0 Å². The van der Waals surface area contributed by atoms with Crippen LogP contribution in [-0.4, -0.2) is 5.91 Å². The number of hydrogen-bond donors (Lipinski definition) is 1. The van der Waals surface area contributed by atoms with Gasteiger partial charge in [-0.15, -0.1) is 0 Å². The van der Waals surface area contributed by atoms with E-state index in [0.717, 1.165) is 16.7 Å². The van der Waals surface area contributed by atoms with Gasteiger partial charge in [0.2, 0.25) is 5.91 Å². The highest BCUT2D eigenvalue weighted by molar-refractivity contribution is 6.33. The summed E-state index contributed by atoms with van der Waals surface area (Å²) in [5.41, 5.74) is 8.50. The number of hydrogen-bond acceptors (Lipinski definition) is 1. The molecule has 0 aliphatic rings. The van der Waals surface area contributed by atoms with Crippen molar-refractivity contribution in [2.45, 2.75) is 6.92 Å². The summed E-state index contributed by atoms with van der Waals surface area (Å²) in [6.07, 6.45) is 0. The number of carbonyl (C=O) groups excluding carboxylic acids is 1. The van der Waals surface area contributed by atoms with Crippen LogP contribution in [0.1, 0.15) is 15.9 Å². The van der Waals surface area contributed by atoms with Crippen LogP contribution in [0, 0.1) is 6.92 Å². The molecule has 2 nitrogen and oxygen atoms in total. The smallest absolute Gasteiger partial charge is 0.248 e. The quantitative estimate of drug-likeness (QED) is 0.866. The summed E-state index contributed by atoms with van der Waals surface area (Å²) >= 11 is 6.19. The van der Waals surface area contributed by atoms with Gasteiger partial charge in [0.15, 0.2) is 0 Å². The Hall–Kier alpha value is -1.80. The van der Waals surface area contributed by atoms with Crippen LogP contribution >= 0.6 is 11.6 Å². The average Bonchev–Trinajstić information content (AvgIpc) is 2.30. The molecule has 0 spiro atoms. The zero-order valence-electron chi connectivity index (χ0n) is 9.41. The molecule has 0 aliphatic heterocycles. The first-order chi connectivity index (χ1) is 8.11. The first kappa shape index (κ1) is 11.7. The van der Waals surface area contributed by atoms with Gasteiger partial charge in [-0.3, -0.25) is 4.79 Å². The van der Waals surface area contributed by atoms with Gasteiger partial charge in [-0.2, -0.15) is 0 Å². The standard InChI is InChI=1S/C14H12ClNO/c1-9-11(14(16)17)7-8-12(15)13(9)10-5-3-2-4-6-10/h2-8H,1H3,(H2,16,17). The molecule has 0 saturated heterocycles. The van der Waals surface area contributed by atoms with Crippen molar-refractivity contribution in [3.63, 3.8) is 0 Å². The Labute approximate surface area is 105 Å². The molecule has 0 aliphatic carbocycles. The van der Waals surface area contributed by atoms with E-state index >= 15 is 0 Å². The SMILES string of the molecule is Cc1c(C(N)=O)ccc(Cl)c1-c1ccccc1. The zero-order valence-corrected chi connectivity index (χ0v) is 10.2. The van der Waals surface area contributed by atoms with E-state index < -0.39 is 5.91 Å². The molecule has 0 atom stereocenters. The lowest BCUT2D eigenvalue weighted by Gasteiger charge is -2.11. The van der Waals surface area contributed by atoms with Crippen molar-refractivity contribution in [2.24, 2.45) is 5.73 Å². The molecule has 2 N–H and O–H groups in total. The van der Waals surface area contributed by atoms with E-state index in [0.29, 0.717) is 10.6 Å². The van der Waals surface area contributed by atoms with E-state index in [1.54, 1.807) is 12.1 Å². The normalized spacial score (nSPS) is 10.2. The number of carbonyl (C=O) groups is 1. The molecule has 3 heteroatoms. The van der Waals surface area contributed by atoms with Gasteiger partial charge in [0.1, 0.15) is 0 Å². The van der Waals surface area contributed by atoms with E-state index in [9.17, 15) is 4.79 Å². The van der Waals surface area contributed by atoms with Crippen molar-refractivity contribution >= 4 is 17.5 Å². The van der Waals surface area contributed by atoms with Gasteiger partial charge in [0.05, 0.1) is 0 Å². The molecule has 2 rings (SSSR count). The maximum atomic E-state index is 11.3. The number of primary amides is 1. The van der Waals surface area contributed by atoms with Crippen molar-refractivity contribution < 1.29 is 4.79 Å². The third-order valence-electron chi connectivity index (χ3n) is 2.74. The summed E-state index contributed by atoms with van der Waals surface area (Å²) in [6, 6.07) is 13.1. The van der Waals surface area contributed by atoms with Crippen LogP contribution in [0.25, 0.3) is 11.1 Å². The Kier molecular flexibility index (Phi) is 3.16. The first-order valence-electron chi connectivity index (χ1n) is 5.25. The Morgan fingerprint density at radius 3 is 2.35 bits per heavy atom. The molecular formula is C14H12ClNO. The number of amides is 1. The van der Waals surface area contributed by atoms with Crippen molar-refractivity contribution in [1.82, 2.24) is 0 Å². The van der Waals surface area contributed by atoms with Crippen LogP contribution in [0.15, 0.2) is 42.5 Å². The van der Waals surface area contributed by atoms with Crippen LogP contribution in [0.5, 0.6) is 0 Å². The fourth-order valence-corrected chi connectivity index (χ4v) is 2.22. The number of halogens is 1. The van der Waals surface area contributed by atoms with Crippen LogP contribution in [0.4, 0.5) is 0 Å². The lowest BCUT2D eigenvalue weighted by molar-refractivity contribution is 0.1000. The molecule has 0 heterocycles. The molecule has 2 aromatic carbocycles. The molecule has 0 unspecified atom stereocenters. The second-order valence-electron chi connectivity index (χ2n) is 3.83. The molecule has 2 aromatic rings. The minimum Gasteiger partial charge on any atom is -0.366 e. The average molecular weight is 246 g/mol. The minimum absolute atomic E-state index is 0.434. The van der Waals surface area contributed by atoms with Gasteiger partial charge in [-0.05, 0) is 30.2 Å². The van der Waals surface area contributed by atoms with Gasteiger partial charge in [0.25, 0.3) is 0 Å². The largest absolute Gasteiger partial charge is 0.366 e. The summed E-state index contributed by atoms with van der Waals surface area (Å²) in [5, 5.41) is 0.624. The van der Waals surface area contributed by atoms with E-state index in [2.05, 4.69) is 0 Å². The third kappa shape index (κ3) is 2.17. The predicted octanol–water partition coefficient (Wildman–Crippen LogP) is 3.41. The van der Waals surface area contributed by atoms with Gasteiger partial charge >= 0.3 is 0 Å². The molecule has 0 radical (unpaired) electrons. The molecule has 17 heavy (non-hydrogen) atoms. The van der Waals surface area contributed by atoms with E-state index in [4.69, 9.17) is 17.3 Å². The molecule has 0 aromatic heterocycles. The minimum atomic E-state index is -0.434. The summed E-state index contributed by atoms with van der Waals surface area (Å²) in [7, 11) is 0. The molecule has 0 saturated carbocycles. The molecule has 86 valence electrons. The predicted molar refractivity (Wildman–Crippen MR) is 70.1 cm³/mol. The van der Waals surface area contributed by atoms with Crippen LogP contribution < -0.4 is 5.73 Å². The maximum absolute atomic E-state index is 11.3. The number of rotatable bonds is 2. The fraction of sp³-hybridized carbons (Fsp3) is 0.0714. The van der Waals surface area contributed by atoms with Gasteiger partial charge in [-0.1, -0.05) is 41.9 Å². The van der Waals surface area contributed by atoms with Crippen molar-refractivity contribution in [3.8, 4) is 11.1 Å². The maximum Gasteiger partial charge on any atom is 0.248 e. The Bertz CT molecular complexity index is 564. The highest BCUT2D eigenvalue weighted by Crippen LogP contribution is 2.32. The first-order valence-corrected chi connectivity index (χ1v) is 5.63. The monoisotopic (exact) mass is 245 g/mol. The van der Waals surface area contributed by atoms with Gasteiger partial charge in [-0.25, -0.2) is 0 Å². The molecule has 0 fully saturated rings.